The highest BCUT2D eigenvalue weighted by molar-refractivity contribution is 5.79. The highest BCUT2D eigenvalue weighted by Crippen LogP contribution is 2.19. The van der Waals surface area contributed by atoms with Gasteiger partial charge in [0.25, 0.3) is 0 Å². The first-order chi connectivity index (χ1) is 14.7. The van der Waals surface area contributed by atoms with Gasteiger partial charge in [-0.2, -0.15) is 0 Å². The second-order valence-corrected chi connectivity index (χ2v) is 7.71. The van der Waals surface area contributed by atoms with Gasteiger partial charge in [0, 0.05) is 32.7 Å². The summed E-state index contributed by atoms with van der Waals surface area (Å²) in [6.45, 7) is 9.70. The summed E-state index contributed by atoms with van der Waals surface area (Å²) in [6.07, 6.45) is 4.24. The van der Waals surface area contributed by atoms with E-state index in [2.05, 4.69) is 56.5 Å². The average Bonchev–Trinajstić information content (AvgIpc) is 3.29. The van der Waals surface area contributed by atoms with Crippen LogP contribution >= 0.6 is 0 Å². The van der Waals surface area contributed by atoms with Crippen molar-refractivity contribution in [3.63, 3.8) is 0 Å². The predicted octanol–water partition coefficient (Wildman–Crippen LogP) is 2.88. The first-order valence-corrected chi connectivity index (χ1v) is 11.1. The summed E-state index contributed by atoms with van der Waals surface area (Å²) in [4.78, 5) is 14.9. The van der Waals surface area contributed by atoms with Crippen LogP contribution in [0.4, 0.5) is 0 Å². The third-order valence-corrected chi connectivity index (χ3v) is 5.95. The van der Waals surface area contributed by atoms with E-state index in [0.717, 1.165) is 55.9 Å². The molecule has 1 aliphatic heterocycles. The lowest BCUT2D eigenvalue weighted by Crippen LogP contribution is -2.53. The molecule has 2 heterocycles. The number of morpholine rings is 1. The molecule has 1 aliphatic rings. The minimum Gasteiger partial charge on any atom is -0.379 e. The molecule has 0 bridgehead atoms. The second-order valence-electron chi connectivity index (χ2n) is 7.71. The van der Waals surface area contributed by atoms with Gasteiger partial charge in [0.1, 0.15) is 5.82 Å². The predicted molar refractivity (Wildman–Crippen MR) is 122 cm³/mol. The Kier molecular flexibility index (Phi) is 8.71. The number of H-pyrrole nitrogens is 1. The summed E-state index contributed by atoms with van der Waals surface area (Å²) >= 11 is 0. The zero-order valence-electron chi connectivity index (χ0n) is 18.5. The van der Waals surface area contributed by atoms with Gasteiger partial charge in [-0.25, -0.2) is 4.98 Å². The molecule has 0 amide bonds. The number of hydrogen-bond donors (Lipinski definition) is 3. The van der Waals surface area contributed by atoms with Crippen LogP contribution in [0.15, 0.2) is 41.5 Å². The summed E-state index contributed by atoms with van der Waals surface area (Å²) in [5.41, 5.74) is 2.16. The molecule has 3 rings (SSSR count). The molecule has 1 saturated heterocycles. The van der Waals surface area contributed by atoms with E-state index in [0.29, 0.717) is 18.5 Å². The maximum atomic E-state index is 5.56. The highest BCUT2D eigenvalue weighted by Gasteiger charge is 2.27. The van der Waals surface area contributed by atoms with Gasteiger partial charge in [0.05, 0.1) is 31.6 Å². The molecule has 3 N–H and O–H groups in total. The molecular weight excluding hydrogens is 376 g/mol. The Morgan fingerprint density at radius 3 is 2.57 bits per heavy atom. The molecule has 30 heavy (non-hydrogen) atoms. The van der Waals surface area contributed by atoms with Crippen molar-refractivity contribution in [3.8, 4) is 11.3 Å². The van der Waals surface area contributed by atoms with E-state index in [-0.39, 0.29) is 0 Å². The molecule has 2 aromatic rings. The van der Waals surface area contributed by atoms with Crippen molar-refractivity contribution in [2.75, 3.05) is 39.9 Å². The Morgan fingerprint density at radius 2 is 1.90 bits per heavy atom. The number of imidazole rings is 1. The fraction of sp³-hybridized carbons (Fsp3) is 0.565. The van der Waals surface area contributed by atoms with E-state index in [4.69, 9.17) is 4.74 Å². The largest absolute Gasteiger partial charge is 0.379 e. The number of guanidine groups is 1. The van der Waals surface area contributed by atoms with Gasteiger partial charge in [-0.15, -0.1) is 0 Å². The molecule has 1 fully saturated rings. The molecule has 1 unspecified atom stereocenters. The number of rotatable bonds is 9. The van der Waals surface area contributed by atoms with Gasteiger partial charge < -0.3 is 20.4 Å². The Bertz CT molecular complexity index is 765. The van der Waals surface area contributed by atoms with Crippen LogP contribution in [0.1, 0.15) is 32.5 Å². The summed E-state index contributed by atoms with van der Waals surface area (Å²) < 4.78 is 5.56. The van der Waals surface area contributed by atoms with Crippen molar-refractivity contribution >= 4 is 5.96 Å². The summed E-state index contributed by atoms with van der Waals surface area (Å²) in [5, 5.41) is 6.93. The van der Waals surface area contributed by atoms with Crippen LogP contribution in [0.3, 0.4) is 0 Å². The SMILES string of the molecule is CCC(CC)C(CNC(=NC)NCc1ncc(-c2ccccc2)[nH]1)N1CCOCC1. The van der Waals surface area contributed by atoms with Crippen molar-refractivity contribution in [2.24, 2.45) is 10.9 Å². The first kappa shape index (κ1) is 22.3. The number of nitrogens with zero attached hydrogens (tertiary/aromatic N) is 3. The Labute approximate surface area is 180 Å². The van der Waals surface area contributed by atoms with Gasteiger partial charge in [-0.1, -0.05) is 57.0 Å². The van der Waals surface area contributed by atoms with Gasteiger partial charge in [-0.05, 0) is 11.5 Å². The number of hydrogen-bond acceptors (Lipinski definition) is 4. The van der Waals surface area contributed by atoms with Gasteiger partial charge in [0.15, 0.2) is 5.96 Å². The van der Waals surface area contributed by atoms with Crippen molar-refractivity contribution < 1.29 is 4.74 Å². The monoisotopic (exact) mass is 412 g/mol. The number of aromatic amines is 1. The molecule has 0 aliphatic carbocycles. The summed E-state index contributed by atoms with van der Waals surface area (Å²) in [7, 11) is 1.81. The maximum Gasteiger partial charge on any atom is 0.191 e. The van der Waals surface area contributed by atoms with Crippen LogP contribution < -0.4 is 10.6 Å². The second kappa shape index (κ2) is 11.7. The molecule has 1 atom stereocenters. The molecule has 0 saturated carbocycles. The van der Waals surface area contributed by atoms with Crippen LogP contribution in [0.2, 0.25) is 0 Å². The van der Waals surface area contributed by atoms with Crippen LogP contribution in [-0.2, 0) is 11.3 Å². The van der Waals surface area contributed by atoms with Gasteiger partial charge in [0.2, 0.25) is 0 Å². The molecule has 7 heteroatoms. The standard InChI is InChI=1S/C23H36N6O/c1-4-18(5-2)21(29-11-13-30-14-12-29)16-26-23(24-3)27-17-22-25-15-20(28-22)19-9-7-6-8-10-19/h6-10,15,18,21H,4-5,11-14,16-17H2,1-3H3,(H,25,28)(H2,24,26,27). The molecule has 1 aromatic heterocycles. The van der Waals surface area contributed by atoms with E-state index in [1.54, 1.807) is 0 Å². The van der Waals surface area contributed by atoms with Crippen LogP contribution in [0.25, 0.3) is 11.3 Å². The quantitative estimate of drug-likeness (QED) is 0.436. The number of aromatic nitrogens is 2. The zero-order chi connectivity index (χ0) is 21.2. The minimum absolute atomic E-state index is 0.482. The van der Waals surface area contributed by atoms with E-state index in [1.165, 1.54) is 12.8 Å². The summed E-state index contributed by atoms with van der Waals surface area (Å²) in [5.74, 6) is 2.35. The Balaban J connectivity index is 1.54. The fourth-order valence-electron chi connectivity index (χ4n) is 4.14. The van der Waals surface area contributed by atoms with Crippen LogP contribution in [0, 0.1) is 5.92 Å². The third kappa shape index (κ3) is 6.06. The van der Waals surface area contributed by atoms with Crippen molar-refractivity contribution in [2.45, 2.75) is 39.3 Å². The smallest absolute Gasteiger partial charge is 0.191 e. The molecule has 1 aromatic carbocycles. The number of benzene rings is 1. The molecule has 164 valence electrons. The number of nitrogens with one attached hydrogen (secondary N) is 3. The summed E-state index contributed by atoms with van der Waals surface area (Å²) in [6, 6.07) is 10.7. The van der Waals surface area contributed by atoms with Gasteiger partial charge in [-0.3, -0.25) is 9.89 Å². The maximum absolute atomic E-state index is 5.56. The third-order valence-electron chi connectivity index (χ3n) is 5.95. The molecule has 0 radical (unpaired) electrons. The Morgan fingerprint density at radius 1 is 1.17 bits per heavy atom. The topological polar surface area (TPSA) is 77.6 Å². The molecule has 7 nitrogen and oxygen atoms in total. The average molecular weight is 413 g/mol. The van der Waals surface area contributed by atoms with E-state index in [1.807, 2.05) is 31.4 Å². The Hall–Kier alpha value is -2.38. The minimum atomic E-state index is 0.482. The van der Waals surface area contributed by atoms with Crippen molar-refractivity contribution in [1.29, 1.82) is 0 Å². The van der Waals surface area contributed by atoms with Crippen molar-refractivity contribution in [1.82, 2.24) is 25.5 Å². The number of ether oxygens (including phenoxy) is 1. The zero-order valence-corrected chi connectivity index (χ0v) is 18.5. The lowest BCUT2D eigenvalue weighted by Gasteiger charge is -2.39. The van der Waals surface area contributed by atoms with E-state index < -0.39 is 0 Å². The number of aliphatic imine (C=N–C) groups is 1. The van der Waals surface area contributed by atoms with E-state index >= 15 is 0 Å². The van der Waals surface area contributed by atoms with E-state index in [9.17, 15) is 0 Å². The fourth-order valence-corrected chi connectivity index (χ4v) is 4.14. The van der Waals surface area contributed by atoms with Gasteiger partial charge >= 0.3 is 0 Å². The highest BCUT2D eigenvalue weighted by atomic mass is 16.5. The molecular formula is C23H36N6O. The normalized spacial score (nSPS) is 16.6. The van der Waals surface area contributed by atoms with Crippen molar-refractivity contribution in [3.05, 3.63) is 42.4 Å². The lowest BCUT2D eigenvalue weighted by atomic mass is 9.92. The molecule has 0 spiro atoms. The first-order valence-electron chi connectivity index (χ1n) is 11.1. The van der Waals surface area contributed by atoms with Crippen LogP contribution in [-0.4, -0.2) is 66.8 Å². The lowest BCUT2D eigenvalue weighted by molar-refractivity contribution is 0.00272. The van der Waals surface area contributed by atoms with Crippen LogP contribution in [0.5, 0.6) is 0 Å².